The van der Waals surface area contributed by atoms with Gasteiger partial charge in [0.1, 0.15) is 11.3 Å². The van der Waals surface area contributed by atoms with Gasteiger partial charge in [0.2, 0.25) is 11.9 Å². The fourth-order valence-electron chi connectivity index (χ4n) is 6.03. The molecule has 1 unspecified atom stereocenters. The van der Waals surface area contributed by atoms with E-state index in [1.54, 1.807) is 11.0 Å². The molecule has 2 aromatic carbocycles. The third kappa shape index (κ3) is 4.56. The lowest BCUT2D eigenvalue weighted by atomic mass is 9.94. The van der Waals surface area contributed by atoms with E-state index in [-0.39, 0.29) is 34.7 Å². The number of fused-ring (bicyclic) bond motifs is 2. The number of nitrogens with zero attached hydrogens (tertiary/aromatic N) is 7. The molecule has 0 bridgehead atoms. The van der Waals surface area contributed by atoms with Crippen molar-refractivity contribution in [2.45, 2.75) is 32.5 Å². The van der Waals surface area contributed by atoms with Gasteiger partial charge in [0, 0.05) is 66.7 Å². The SMILES string of the molecule is C=CC(=O)N1CCN(c2nc(N3CC(N(C)C)C3)nc3c(F)c(-c4c(C)ccc5n[nH]c(CO)c45)c(Cl)cc23)CC1C. The van der Waals surface area contributed by atoms with Gasteiger partial charge in [0.25, 0.3) is 0 Å². The number of aromatic nitrogens is 4. The van der Waals surface area contributed by atoms with Crippen LogP contribution in [0.25, 0.3) is 32.9 Å². The maximum Gasteiger partial charge on any atom is 0.246 e. The molecular weight excluding hydrogens is 559 g/mol. The molecule has 2 saturated heterocycles. The van der Waals surface area contributed by atoms with Crippen molar-refractivity contribution in [3.63, 3.8) is 0 Å². The number of carbonyl (C=O) groups is 1. The molecule has 1 amide bonds. The predicted molar refractivity (Wildman–Crippen MR) is 164 cm³/mol. The molecule has 4 heterocycles. The Bertz CT molecular complexity index is 1720. The van der Waals surface area contributed by atoms with Gasteiger partial charge in [-0.15, -0.1) is 0 Å². The fourth-order valence-corrected chi connectivity index (χ4v) is 6.32. The van der Waals surface area contributed by atoms with Gasteiger partial charge in [-0.05, 0) is 51.7 Å². The van der Waals surface area contributed by atoms with Crippen LogP contribution >= 0.6 is 11.6 Å². The van der Waals surface area contributed by atoms with E-state index in [1.165, 1.54) is 6.08 Å². The number of hydrogen-bond donors (Lipinski definition) is 2. The number of piperazine rings is 1. The summed E-state index contributed by atoms with van der Waals surface area (Å²) in [5.74, 6) is 0.369. The van der Waals surface area contributed by atoms with Crippen LogP contribution in [-0.2, 0) is 11.4 Å². The summed E-state index contributed by atoms with van der Waals surface area (Å²) < 4.78 is 16.9. The zero-order valence-electron chi connectivity index (χ0n) is 24.2. The topological polar surface area (TPSA) is 105 Å². The lowest BCUT2D eigenvalue weighted by Crippen LogP contribution is -2.58. The summed E-state index contributed by atoms with van der Waals surface area (Å²) in [4.78, 5) is 30.2. The number of rotatable bonds is 6. The maximum absolute atomic E-state index is 16.9. The smallest absolute Gasteiger partial charge is 0.246 e. The first-order valence-corrected chi connectivity index (χ1v) is 14.4. The zero-order valence-corrected chi connectivity index (χ0v) is 24.9. The molecule has 1 atom stereocenters. The summed E-state index contributed by atoms with van der Waals surface area (Å²) in [6, 6.07) is 5.68. The average Bonchev–Trinajstić information content (AvgIpc) is 3.36. The van der Waals surface area contributed by atoms with Crippen LogP contribution in [0.4, 0.5) is 16.2 Å². The molecule has 220 valence electrons. The Morgan fingerprint density at radius 3 is 2.64 bits per heavy atom. The van der Waals surface area contributed by atoms with E-state index in [1.807, 2.05) is 45.0 Å². The van der Waals surface area contributed by atoms with Crippen LogP contribution < -0.4 is 9.80 Å². The Hall–Kier alpha value is -3.80. The molecule has 0 spiro atoms. The monoisotopic (exact) mass is 592 g/mol. The number of hydrogen-bond acceptors (Lipinski definition) is 8. The zero-order chi connectivity index (χ0) is 29.9. The lowest BCUT2D eigenvalue weighted by molar-refractivity contribution is -0.128. The number of amides is 1. The molecule has 12 heteroatoms. The standard InChI is InChI=1S/C30H34ClFN8O2/c1-6-23(42)40-10-9-38(12-17(40)3)29-19-11-20(31)25(24-16(2)7-8-21-26(24)22(15-41)36-35-21)27(32)28(19)33-30(34-29)39-13-18(14-39)37(4)5/h6-8,11,17-18,41H,1,9-10,12-15H2,2-5H3,(H,35,36). The van der Waals surface area contributed by atoms with Crippen molar-refractivity contribution >= 4 is 51.1 Å². The second kappa shape index (κ2) is 10.8. The second-order valence-corrected chi connectivity index (χ2v) is 11.8. The highest BCUT2D eigenvalue weighted by atomic mass is 35.5. The van der Waals surface area contributed by atoms with Crippen molar-refractivity contribution in [3.8, 4) is 11.1 Å². The Labute approximate surface area is 248 Å². The van der Waals surface area contributed by atoms with E-state index in [0.717, 1.165) is 18.7 Å². The highest BCUT2D eigenvalue weighted by molar-refractivity contribution is 6.35. The Kier molecular flexibility index (Phi) is 7.28. The van der Waals surface area contributed by atoms with Gasteiger partial charge in [-0.25, -0.2) is 9.37 Å². The number of benzene rings is 2. The van der Waals surface area contributed by atoms with Crippen molar-refractivity contribution in [1.82, 2.24) is 30.0 Å². The first-order valence-electron chi connectivity index (χ1n) is 14.0. The van der Waals surface area contributed by atoms with Gasteiger partial charge in [0.15, 0.2) is 5.82 Å². The molecule has 42 heavy (non-hydrogen) atoms. The van der Waals surface area contributed by atoms with Gasteiger partial charge >= 0.3 is 0 Å². The number of carbonyl (C=O) groups excluding carboxylic acids is 1. The van der Waals surface area contributed by atoms with Crippen LogP contribution in [-0.4, -0.2) is 99.9 Å². The number of likely N-dealkylation sites (N-methyl/N-ethyl adjacent to an activating group) is 1. The van der Waals surface area contributed by atoms with Crippen LogP contribution in [0.3, 0.4) is 0 Å². The van der Waals surface area contributed by atoms with Gasteiger partial charge in [-0.3, -0.25) is 9.89 Å². The van der Waals surface area contributed by atoms with E-state index >= 15 is 4.39 Å². The molecule has 0 saturated carbocycles. The summed E-state index contributed by atoms with van der Waals surface area (Å²) >= 11 is 6.91. The number of aromatic amines is 1. The molecular formula is C30H34ClFN8O2. The number of halogens is 2. The van der Waals surface area contributed by atoms with E-state index in [9.17, 15) is 9.90 Å². The number of H-pyrrole nitrogens is 1. The van der Waals surface area contributed by atoms with E-state index in [0.29, 0.717) is 65.0 Å². The molecule has 10 nitrogen and oxygen atoms in total. The summed E-state index contributed by atoms with van der Waals surface area (Å²) in [7, 11) is 4.07. The van der Waals surface area contributed by atoms with Crippen LogP contribution in [0.2, 0.25) is 5.02 Å². The molecule has 0 aliphatic carbocycles. The minimum absolute atomic E-state index is 0.0994. The number of aliphatic hydroxyl groups excluding tert-OH is 1. The molecule has 2 aliphatic rings. The van der Waals surface area contributed by atoms with Crippen LogP contribution in [0.15, 0.2) is 30.9 Å². The van der Waals surface area contributed by atoms with E-state index < -0.39 is 5.82 Å². The summed E-state index contributed by atoms with van der Waals surface area (Å²) in [6.45, 7) is 10.2. The van der Waals surface area contributed by atoms with Crippen LogP contribution in [0.5, 0.6) is 0 Å². The van der Waals surface area contributed by atoms with Crippen molar-refractivity contribution in [2.75, 3.05) is 56.6 Å². The van der Waals surface area contributed by atoms with Crippen molar-refractivity contribution in [2.24, 2.45) is 0 Å². The summed E-state index contributed by atoms with van der Waals surface area (Å²) in [5, 5.41) is 18.5. The van der Waals surface area contributed by atoms with Gasteiger partial charge in [0.05, 0.1) is 22.8 Å². The highest BCUT2D eigenvalue weighted by Crippen LogP contribution is 2.43. The number of anilines is 2. The van der Waals surface area contributed by atoms with E-state index in [2.05, 4.69) is 26.6 Å². The minimum Gasteiger partial charge on any atom is -0.390 e. The largest absolute Gasteiger partial charge is 0.390 e. The van der Waals surface area contributed by atoms with Crippen LogP contribution in [0, 0.1) is 12.7 Å². The maximum atomic E-state index is 16.9. The average molecular weight is 593 g/mol. The molecule has 4 aromatic rings. The minimum atomic E-state index is -0.554. The molecule has 6 rings (SSSR count). The molecule has 0 radical (unpaired) electrons. The van der Waals surface area contributed by atoms with Gasteiger partial charge in [-0.2, -0.15) is 10.1 Å². The quantitative estimate of drug-likeness (QED) is 0.326. The Morgan fingerprint density at radius 1 is 1.21 bits per heavy atom. The summed E-state index contributed by atoms with van der Waals surface area (Å²) in [6.07, 6.45) is 1.33. The van der Waals surface area contributed by atoms with Gasteiger partial charge in [-0.1, -0.05) is 24.2 Å². The third-order valence-electron chi connectivity index (χ3n) is 8.52. The lowest BCUT2D eigenvalue weighted by Gasteiger charge is -2.43. The predicted octanol–water partition coefficient (Wildman–Crippen LogP) is 3.74. The molecule has 2 fully saturated rings. The Morgan fingerprint density at radius 2 is 1.98 bits per heavy atom. The van der Waals surface area contributed by atoms with Crippen molar-refractivity contribution in [3.05, 3.63) is 53.0 Å². The highest BCUT2D eigenvalue weighted by Gasteiger charge is 2.34. The number of aryl methyl sites for hydroxylation is 1. The first kappa shape index (κ1) is 28.3. The van der Waals surface area contributed by atoms with Crippen molar-refractivity contribution in [1.29, 1.82) is 0 Å². The molecule has 2 aliphatic heterocycles. The summed E-state index contributed by atoms with van der Waals surface area (Å²) in [5.41, 5.74) is 2.84. The third-order valence-corrected chi connectivity index (χ3v) is 8.82. The van der Waals surface area contributed by atoms with Crippen LogP contribution in [0.1, 0.15) is 18.2 Å². The van der Waals surface area contributed by atoms with Gasteiger partial charge < -0.3 is 24.7 Å². The fraction of sp³-hybridized carbons (Fsp3) is 0.400. The van der Waals surface area contributed by atoms with E-state index in [4.69, 9.17) is 21.6 Å². The second-order valence-electron chi connectivity index (χ2n) is 11.4. The molecule has 2 N–H and O–H groups in total. The normalized spacial score (nSPS) is 17.9. The molecule has 2 aromatic heterocycles. The number of aliphatic hydroxyl groups is 1. The first-order chi connectivity index (χ1) is 20.1. The number of nitrogens with one attached hydrogen (secondary N) is 1. The van der Waals surface area contributed by atoms with Crippen molar-refractivity contribution < 1.29 is 14.3 Å². The Balaban J connectivity index is 1.54.